The van der Waals surface area contributed by atoms with Crippen LogP contribution in [0.4, 0.5) is 0 Å². The molecule has 1 unspecified atom stereocenters. The summed E-state index contributed by atoms with van der Waals surface area (Å²) in [7, 11) is 3.53. The first kappa shape index (κ1) is 20.0. The first-order chi connectivity index (χ1) is 12.1. The Kier molecular flexibility index (Phi) is 9.08. The van der Waals surface area contributed by atoms with Crippen LogP contribution in [-0.4, -0.2) is 63.2 Å². The molecular weight excluding hydrogens is 316 g/mol. The molecule has 1 heterocycles. The van der Waals surface area contributed by atoms with E-state index in [1.807, 2.05) is 0 Å². The number of nitrogens with zero attached hydrogens (tertiary/aromatic N) is 2. The SMILES string of the molecule is CN(C)C(=O)CN=C(NCCC1CCCCO1)NCC1CCCCC1. The maximum atomic E-state index is 11.8. The lowest BCUT2D eigenvalue weighted by atomic mass is 9.89. The third-order valence-corrected chi connectivity index (χ3v) is 5.19. The van der Waals surface area contributed by atoms with Crippen molar-refractivity contribution in [3.63, 3.8) is 0 Å². The minimum Gasteiger partial charge on any atom is -0.378 e. The monoisotopic (exact) mass is 352 g/mol. The minimum absolute atomic E-state index is 0.0226. The highest BCUT2D eigenvalue weighted by Crippen LogP contribution is 2.22. The van der Waals surface area contributed by atoms with Crippen LogP contribution in [0.2, 0.25) is 0 Å². The van der Waals surface area contributed by atoms with Gasteiger partial charge in [-0.15, -0.1) is 0 Å². The van der Waals surface area contributed by atoms with Crippen molar-refractivity contribution in [2.24, 2.45) is 10.9 Å². The molecule has 0 aromatic carbocycles. The zero-order chi connectivity index (χ0) is 17.9. The van der Waals surface area contributed by atoms with Gasteiger partial charge in [0.25, 0.3) is 0 Å². The molecule has 0 radical (unpaired) electrons. The summed E-state index contributed by atoms with van der Waals surface area (Å²) >= 11 is 0. The van der Waals surface area contributed by atoms with Gasteiger partial charge in [0.05, 0.1) is 6.10 Å². The fourth-order valence-corrected chi connectivity index (χ4v) is 3.48. The summed E-state index contributed by atoms with van der Waals surface area (Å²) in [6.07, 6.45) is 11.6. The maximum absolute atomic E-state index is 11.8. The quantitative estimate of drug-likeness (QED) is 0.544. The predicted molar refractivity (Wildman–Crippen MR) is 102 cm³/mol. The molecule has 2 fully saturated rings. The minimum atomic E-state index is 0.0226. The second-order valence-electron chi connectivity index (χ2n) is 7.54. The molecule has 0 aromatic rings. The number of rotatable bonds is 7. The second kappa shape index (κ2) is 11.3. The Morgan fingerprint density at radius 1 is 1.08 bits per heavy atom. The Balaban J connectivity index is 1.77. The average molecular weight is 353 g/mol. The lowest BCUT2D eigenvalue weighted by Crippen LogP contribution is -2.42. The Morgan fingerprint density at radius 3 is 2.52 bits per heavy atom. The van der Waals surface area contributed by atoms with Gasteiger partial charge in [0, 0.05) is 33.8 Å². The summed E-state index contributed by atoms with van der Waals surface area (Å²) in [5, 5.41) is 6.84. The number of aliphatic imine (C=N–C) groups is 1. The molecule has 6 nitrogen and oxygen atoms in total. The van der Waals surface area contributed by atoms with Gasteiger partial charge in [-0.2, -0.15) is 0 Å². The Morgan fingerprint density at radius 2 is 1.84 bits per heavy atom. The van der Waals surface area contributed by atoms with E-state index < -0.39 is 0 Å². The number of ether oxygens (including phenoxy) is 1. The van der Waals surface area contributed by atoms with E-state index in [0.717, 1.165) is 44.4 Å². The van der Waals surface area contributed by atoms with Gasteiger partial charge >= 0.3 is 0 Å². The largest absolute Gasteiger partial charge is 0.378 e. The van der Waals surface area contributed by atoms with E-state index in [9.17, 15) is 4.79 Å². The molecule has 2 aliphatic rings. The van der Waals surface area contributed by atoms with Gasteiger partial charge in [-0.05, 0) is 44.4 Å². The molecule has 1 aliphatic carbocycles. The molecule has 144 valence electrons. The fourth-order valence-electron chi connectivity index (χ4n) is 3.48. The molecule has 0 bridgehead atoms. The molecule has 1 atom stereocenters. The molecule has 1 saturated carbocycles. The molecule has 0 spiro atoms. The number of carbonyl (C=O) groups excluding carboxylic acids is 1. The van der Waals surface area contributed by atoms with Gasteiger partial charge in [0.1, 0.15) is 6.54 Å². The highest BCUT2D eigenvalue weighted by molar-refractivity contribution is 5.84. The van der Waals surface area contributed by atoms with Crippen molar-refractivity contribution in [3.05, 3.63) is 0 Å². The summed E-state index contributed by atoms with van der Waals surface area (Å²) in [5.41, 5.74) is 0. The third kappa shape index (κ3) is 8.08. The van der Waals surface area contributed by atoms with Gasteiger partial charge in [0.15, 0.2) is 5.96 Å². The molecule has 1 amide bonds. The van der Waals surface area contributed by atoms with E-state index in [4.69, 9.17) is 4.74 Å². The summed E-state index contributed by atoms with van der Waals surface area (Å²) in [5.74, 6) is 1.51. The first-order valence-electron chi connectivity index (χ1n) is 9.99. The van der Waals surface area contributed by atoms with E-state index in [0.29, 0.717) is 6.10 Å². The standard InChI is InChI=1S/C19H36N4O2/c1-23(2)18(24)15-22-19(21-14-16-8-4-3-5-9-16)20-12-11-17-10-6-7-13-25-17/h16-17H,3-15H2,1-2H3,(H2,20,21,22). The Labute approximate surface area is 152 Å². The topological polar surface area (TPSA) is 66.0 Å². The number of amides is 1. The van der Waals surface area contributed by atoms with Crippen LogP contribution in [0.3, 0.4) is 0 Å². The lowest BCUT2D eigenvalue weighted by molar-refractivity contribution is -0.127. The maximum Gasteiger partial charge on any atom is 0.243 e. The zero-order valence-electron chi connectivity index (χ0n) is 16.1. The Bertz CT molecular complexity index is 414. The van der Waals surface area contributed by atoms with Crippen molar-refractivity contribution in [2.75, 3.05) is 40.3 Å². The van der Waals surface area contributed by atoms with Crippen LogP contribution in [0.5, 0.6) is 0 Å². The predicted octanol–water partition coefficient (Wildman–Crippen LogP) is 2.15. The number of carbonyl (C=O) groups is 1. The summed E-state index contributed by atoms with van der Waals surface area (Å²) in [4.78, 5) is 17.9. The van der Waals surface area contributed by atoms with E-state index >= 15 is 0 Å². The molecule has 2 rings (SSSR count). The molecule has 6 heteroatoms. The average Bonchev–Trinajstić information content (AvgIpc) is 2.64. The van der Waals surface area contributed by atoms with Crippen LogP contribution >= 0.6 is 0 Å². The van der Waals surface area contributed by atoms with Crippen LogP contribution in [0, 0.1) is 5.92 Å². The summed E-state index contributed by atoms with van der Waals surface area (Å²) in [6.45, 7) is 2.86. The summed E-state index contributed by atoms with van der Waals surface area (Å²) < 4.78 is 5.78. The molecular formula is C19H36N4O2. The molecule has 2 N–H and O–H groups in total. The number of hydrogen-bond acceptors (Lipinski definition) is 3. The normalized spacial score (nSPS) is 22.5. The van der Waals surface area contributed by atoms with Crippen LogP contribution in [0.1, 0.15) is 57.8 Å². The van der Waals surface area contributed by atoms with Crippen molar-refractivity contribution in [1.29, 1.82) is 0 Å². The highest BCUT2D eigenvalue weighted by atomic mass is 16.5. The van der Waals surface area contributed by atoms with Crippen LogP contribution in [-0.2, 0) is 9.53 Å². The van der Waals surface area contributed by atoms with Crippen LogP contribution in [0.15, 0.2) is 4.99 Å². The fraction of sp³-hybridized carbons (Fsp3) is 0.895. The molecule has 0 aromatic heterocycles. The van der Waals surface area contributed by atoms with E-state index in [2.05, 4.69) is 15.6 Å². The zero-order valence-corrected chi connectivity index (χ0v) is 16.1. The van der Waals surface area contributed by atoms with Gasteiger partial charge in [-0.25, -0.2) is 4.99 Å². The smallest absolute Gasteiger partial charge is 0.243 e. The molecule has 1 aliphatic heterocycles. The van der Waals surface area contributed by atoms with Crippen LogP contribution < -0.4 is 10.6 Å². The number of guanidine groups is 1. The number of likely N-dealkylation sites (N-methyl/N-ethyl adjacent to an activating group) is 1. The molecule has 1 saturated heterocycles. The van der Waals surface area contributed by atoms with E-state index in [1.165, 1.54) is 44.9 Å². The third-order valence-electron chi connectivity index (χ3n) is 5.19. The van der Waals surface area contributed by atoms with Gasteiger partial charge < -0.3 is 20.3 Å². The number of hydrogen-bond donors (Lipinski definition) is 2. The van der Waals surface area contributed by atoms with Crippen molar-refractivity contribution in [3.8, 4) is 0 Å². The Hall–Kier alpha value is -1.30. The summed E-state index contributed by atoms with van der Waals surface area (Å²) in [6, 6.07) is 0. The van der Waals surface area contributed by atoms with Crippen molar-refractivity contribution in [2.45, 2.75) is 63.9 Å². The first-order valence-corrected chi connectivity index (χ1v) is 9.99. The van der Waals surface area contributed by atoms with Gasteiger partial charge in [-0.3, -0.25) is 4.79 Å². The lowest BCUT2D eigenvalue weighted by Gasteiger charge is -2.24. The number of nitrogens with one attached hydrogen (secondary N) is 2. The van der Waals surface area contributed by atoms with Crippen LogP contribution in [0.25, 0.3) is 0 Å². The van der Waals surface area contributed by atoms with E-state index in [1.54, 1.807) is 19.0 Å². The second-order valence-corrected chi connectivity index (χ2v) is 7.54. The van der Waals surface area contributed by atoms with Crippen molar-refractivity contribution in [1.82, 2.24) is 15.5 Å². The van der Waals surface area contributed by atoms with Gasteiger partial charge in [-0.1, -0.05) is 19.3 Å². The van der Waals surface area contributed by atoms with E-state index in [-0.39, 0.29) is 12.5 Å². The van der Waals surface area contributed by atoms with Crippen molar-refractivity contribution < 1.29 is 9.53 Å². The van der Waals surface area contributed by atoms with Gasteiger partial charge in [0.2, 0.25) is 5.91 Å². The van der Waals surface area contributed by atoms with Crippen molar-refractivity contribution >= 4 is 11.9 Å². The highest BCUT2D eigenvalue weighted by Gasteiger charge is 2.15. The molecule has 25 heavy (non-hydrogen) atoms.